The van der Waals surface area contributed by atoms with Crippen molar-refractivity contribution in [1.29, 1.82) is 0 Å². The number of hydrogen-bond donors (Lipinski definition) is 1. The van der Waals surface area contributed by atoms with E-state index >= 15 is 0 Å². The lowest BCUT2D eigenvalue weighted by Gasteiger charge is -2.12. The van der Waals surface area contributed by atoms with Crippen LogP contribution in [0, 0.1) is 0 Å². The van der Waals surface area contributed by atoms with Gasteiger partial charge in [-0.2, -0.15) is 5.10 Å². The predicted molar refractivity (Wildman–Crippen MR) is 58.3 cm³/mol. The molecule has 82 valence electrons. The number of aliphatic carboxylic acids is 1. The number of rotatable bonds is 2. The molecule has 16 heavy (non-hydrogen) atoms. The minimum Gasteiger partial charge on any atom is -0.480 e. The molecule has 0 spiro atoms. The third kappa shape index (κ3) is 1.56. The Kier molecular flexibility index (Phi) is 2.44. The largest absolute Gasteiger partial charge is 0.480 e. The summed E-state index contributed by atoms with van der Waals surface area (Å²) in [5.74, 6) is -0.985. The van der Waals surface area contributed by atoms with Gasteiger partial charge in [0.15, 0.2) is 0 Å². The number of carboxylic acids is 1. The number of nitrogens with zero attached hydrogens (tertiary/aromatic N) is 2. The van der Waals surface area contributed by atoms with Crippen molar-refractivity contribution in [2.75, 3.05) is 0 Å². The first-order valence-electron chi connectivity index (χ1n) is 4.80. The third-order valence-corrected chi connectivity index (χ3v) is 2.44. The van der Waals surface area contributed by atoms with Crippen molar-refractivity contribution in [2.45, 2.75) is 13.0 Å². The lowest BCUT2D eigenvalue weighted by atomic mass is 10.2. The van der Waals surface area contributed by atoms with Gasteiger partial charge in [-0.25, -0.2) is 4.79 Å². The molecule has 2 aromatic rings. The molecule has 0 amide bonds. The van der Waals surface area contributed by atoms with Gasteiger partial charge in [0.25, 0.3) is 0 Å². The minimum atomic E-state index is -0.985. The first-order chi connectivity index (χ1) is 7.61. The molecule has 1 aromatic carbocycles. The van der Waals surface area contributed by atoms with Crippen LogP contribution in [0.2, 0.25) is 0 Å². The average molecular weight is 218 g/mol. The fourth-order valence-corrected chi connectivity index (χ4v) is 1.54. The number of benzene rings is 1. The molecule has 0 saturated heterocycles. The van der Waals surface area contributed by atoms with E-state index in [0.717, 1.165) is 6.20 Å². The summed E-state index contributed by atoms with van der Waals surface area (Å²) >= 11 is 0. The molecule has 0 saturated carbocycles. The Morgan fingerprint density at radius 1 is 1.44 bits per heavy atom. The summed E-state index contributed by atoms with van der Waals surface area (Å²) in [5, 5.41) is 13.3. The van der Waals surface area contributed by atoms with Gasteiger partial charge in [-0.1, -0.05) is 12.1 Å². The zero-order chi connectivity index (χ0) is 11.7. The van der Waals surface area contributed by atoms with Gasteiger partial charge in [0.05, 0.1) is 11.7 Å². The summed E-state index contributed by atoms with van der Waals surface area (Å²) in [6.45, 7) is 1.52. The maximum atomic E-state index is 11.5. The van der Waals surface area contributed by atoms with E-state index in [4.69, 9.17) is 5.11 Å². The molecule has 0 unspecified atom stereocenters. The summed E-state index contributed by atoms with van der Waals surface area (Å²) in [7, 11) is 0. The van der Waals surface area contributed by atoms with E-state index in [1.807, 2.05) is 0 Å². The van der Waals surface area contributed by atoms with Gasteiger partial charge in [-0.3, -0.25) is 9.48 Å². The van der Waals surface area contributed by atoms with Crippen molar-refractivity contribution in [1.82, 2.24) is 9.78 Å². The SMILES string of the molecule is C[C@@H](C(=O)O)n1ncc(=O)c2ccccc21. The van der Waals surface area contributed by atoms with E-state index in [1.165, 1.54) is 11.6 Å². The number of fused-ring (bicyclic) bond motifs is 1. The van der Waals surface area contributed by atoms with Crippen LogP contribution in [-0.4, -0.2) is 20.9 Å². The second-order valence-corrected chi connectivity index (χ2v) is 3.48. The molecule has 0 aliphatic heterocycles. The van der Waals surface area contributed by atoms with Crippen LogP contribution in [0.25, 0.3) is 10.9 Å². The highest BCUT2D eigenvalue weighted by molar-refractivity contribution is 5.80. The van der Waals surface area contributed by atoms with Crippen LogP contribution in [0.15, 0.2) is 35.3 Å². The Bertz CT molecular complexity index is 603. The van der Waals surface area contributed by atoms with Crippen LogP contribution < -0.4 is 5.43 Å². The number of aromatic nitrogens is 2. The van der Waals surface area contributed by atoms with Crippen molar-refractivity contribution in [3.63, 3.8) is 0 Å². The molecule has 1 aromatic heterocycles. The summed E-state index contributed by atoms with van der Waals surface area (Å²) in [4.78, 5) is 22.4. The highest BCUT2D eigenvalue weighted by Gasteiger charge is 2.15. The van der Waals surface area contributed by atoms with Gasteiger partial charge in [-0.05, 0) is 19.1 Å². The summed E-state index contributed by atoms with van der Waals surface area (Å²) in [5.41, 5.74) is 0.328. The first kappa shape index (κ1) is 10.4. The van der Waals surface area contributed by atoms with Gasteiger partial charge in [-0.15, -0.1) is 0 Å². The first-order valence-corrected chi connectivity index (χ1v) is 4.80. The Balaban J connectivity index is 2.77. The second-order valence-electron chi connectivity index (χ2n) is 3.48. The molecular weight excluding hydrogens is 208 g/mol. The van der Waals surface area contributed by atoms with Gasteiger partial charge in [0.1, 0.15) is 6.04 Å². The molecule has 1 N–H and O–H groups in total. The number of carboxylic acid groups (broad SMARTS) is 1. The second kappa shape index (κ2) is 3.77. The van der Waals surface area contributed by atoms with Crippen LogP contribution in [0.3, 0.4) is 0 Å². The third-order valence-electron chi connectivity index (χ3n) is 2.44. The molecule has 0 radical (unpaired) electrons. The Labute approximate surface area is 90.9 Å². The molecule has 0 fully saturated rings. The van der Waals surface area contributed by atoms with Gasteiger partial charge < -0.3 is 5.11 Å². The topological polar surface area (TPSA) is 72.2 Å². The van der Waals surface area contributed by atoms with E-state index in [2.05, 4.69) is 5.10 Å². The molecule has 0 bridgehead atoms. The number of para-hydroxylation sites is 1. The van der Waals surface area contributed by atoms with E-state index in [9.17, 15) is 9.59 Å². The molecule has 0 aliphatic rings. The maximum absolute atomic E-state index is 11.5. The summed E-state index contributed by atoms with van der Waals surface area (Å²) < 4.78 is 1.33. The molecule has 5 heteroatoms. The van der Waals surface area contributed by atoms with Crippen molar-refractivity contribution in [2.24, 2.45) is 0 Å². The molecule has 0 aliphatic carbocycles. The van der Waals surface area contributed by atoms with Crippen LogP contribution in [-0.2, 0) is 4.79 Å². The standard InChI is InChI=1S/C11H10N2O3/c1-7(11(15)16)13-9-5-3-2-4-8(9)10(14)6-12-13/h2-7H,1H3,(H,15,16)/t7-/m0/s1. The zero-order valence-corrected chi connectivity index (χ0v) is 8.62. The summed E-state index contributed by atoms with van der Waals surface area (Å²) in [6, 6.07) is 6.02. The minimum absolute atomic E-state index is 0.204. The molecule has 1 heterocycles. The summed E-state index contributed by atoms with van der Waals surface area (Å²) in [6.07, 6.45) is 1.14. The molecule has 5 nitrogen and oxygen atoms in total. The van der Waals surface area contributed by atoms with Crippen molar-refractivity contribution in [3.8, 4) is 0 Å². The monoisotopic (exact) mass is 218 g/mol. The Morgan fingerprint density at radius 3 is 2.81 bits per heavy atom. The van der Waals surface area contributed by atoms with Crippen molar-refractivity contribution >= 4 is 16.9 Å². The highest BCUT2D eigenvalue weighted by atomic mass is 16.4. The maximum Gasteiger partial charge on any atom is 0.328 e. The lowest BCUT2D eigenvalue weighted by molar-refractivity contribution is -0.140. The normalized spacial score (nSPS) is 12.6. The van der Waals surface area contributed by atoms with E-state index < -0.39 is 12.0 Å². The number of hydrogen-bond acceptors (Lipinski definition) is 3. The van der Waals surface area contributed by atoms with Gasteiger partial charge in [0.2, 0.25) is 5.43 Å². The van der Waals surface area contributed by atoms with Gasteiger partial charge in [0, 0.05) is 5.39 Å². The van der Waals surface area contributed by atoms with Crippen molar-refractivity contribution < 1.29 is 9.90 Å². The van der Waals surface area contributed by atoms with Crippen LogP contribution >= 0.6 is 0 Å². The van der Waals surface area contributed by atoms with E-state index in [0.29, 0.717) is 10.9 Å². The van der Waals surface area contributed by atoms with Crippen LogP contribution in [0.1, 0.15) is 13.0 Å². The Morgan fingerprint density at radius 2 is 2.12 bits per heavy atom. The van der Waals surface area contributed by atoms with Crippen molar-refractivity contribution in [3.05, 3.63) is 40.7 Å². The molecule has 1 atom stereocenters. The zero-order valence-electron chi connectivity index (χ0n) is 8.62. The van der Waals surface area contributed by atoms with Crippen LogP contribution in [0.5, 0.6) is 0 Å². The Hall–Kier alpha value is -2.17. The van der Waals surface area contributed by atoms with Gasteiger partial charge >= 0.3 is 5.97 Å². The highest BCUT2D eigenvalue weighted by Crippen LogP contribution is 2.13. The average Bonchev–Trinajstić information content (AvgIpc) is 2.29. The van der Waals surface area contributed by atoms with E-state index in [1.54, 1.807) is 24.3 Å². The smallest absolute Gasteiger partial charge is 0.328 e. The van der Waals surface area contributed by atoms with E-state index in [-0.39, 0.29) is 5.43 Å². The quantitative estimate of drug-likeness (QED) is 0.817. The lowest BCUT2D eigenvalue weighted by Crippen LogP contribution is -2.21. The molecule has 2 rings (SSSR count). The fourth-order valence-electron chi connectivity index (χ4n) is 1.54. The number of carbonyl (C=O) groups is 1. The predicted octanol–water partition coefficient (Wildman–Crippen LogP) is 1.04. The van der Waals surface area contributed by atoms with Crippen LogP contribution in [0.4, 0.5) is 0 Å². The fraction of sp³-hybridized carbons (Fsp3) is 0.182. The molecular formula is C11H10N2O3.